The molecule has 2 rings (SSSR count). The first-order chi connectivity index (χ1) is 8.70. The summed E-state index contributed by atoms with van der Waals surface area (Å²) < 4.78 is 0. The van der Waals surface area contributed by atoms with Gasteiger partial charge in [-0.15, -0.1) is 0 Å². The number of amides is 1. The van der Waals surface area contributed by atoms with Crippen molar-refractivity contribution in [1.29, 1.82) is 0 Å². The standard InChI is InChI=1S/C14H16ClNO2/c15-12-4-1-3-11(9-12)6-7-14(18)16-8-2-5-13(16)10-17/h1,3-4,6-7,9,13,17H,2,5,8,10H2/t13-/m1/s1. The van der Waals surface area contributed by atoms with E-state index in [1.165, 1.54) is 0 Å². The van der Waals surface area contributed by atoms with E-state index in [9.17, 15) is 9.90 Å². The van der Waals surface area contributed by atoms with Gasteiger partial charge in [0.15, 0.2) is 0 Å². The predicted octanol–water partition coefficient (Wildman–Crippen LogP) is 2.34. The third-order valence-electron chi connectivity index (χ3n) is 3.14. The first-order valence-corrected chi connectivity index (χ1v) is 6.43. The topological polar surface area (TPSA) is 40.5 Å². The fourth-order valence-corrected chi connectivity index (χ4v) is 2.39. The van der Waals surface area contributed by atoms with Crippen LogP contribution >= 0.6 is 11.6 Å². The minimum Gasteiger partial charge on any atom is -0.394 e. The van der Waals surface area contributed by atoms with Crippen molar-refractivity contribution >= 4 is 23.6 Å². The van der Waals surface area contributed by atoms with E-state index in [0.29, 0.717) is 5.02 Å². The van der Waals surface area contributed by atoms with Gasteiger partial charge in [-0.1, -0.05) is 23.7 Å². The Labute approximate surface area is 112 Å². The van der Waals surface area contributed by atoms with Crippen LogP contribution < -0.4 is 0 Å². The highest BCUT2D eigenvalue weighted by Gasteiger charge is 2.26. The van der Waals surface area contributed by atoms with Crippen molar-refractivity contribution < 1.29 is 9.90 Å². The molecule has 1 amide bonds. The molecule has 1 heterocycles. The molecule has 0 spiro atoms. The fraction of sp³-hybridized carbons (Fsp3) is 0.357. The van der Waals surface area contributed by atoms with E-state index in [0.717, 1.165) is 24.9 Å². The number of benzene rings is 1. The van der Waals surface area contributed by atoms with Crippen LogP contribution in [0.4, 0.5) is 0 Å². The van der Waals surface area contributed by atoms with E-state index in [1.54, 1.807) is 29.2 Å². The number of aliphatic hydroxyl groups is 1. The van der Waals surface area contributed by atoms with Gasteiger partial charge in [-0.2, -0.15) is 0 Å². The number of nitrogens with zero attached hydrogens (tertiary/aromatic N) is 1. The molecule has 0 aromatic heterocycles. The molecular weight excluding hydrogens is 250 g/mol. The summed E-state index contributed by atoms with van der Waals surface area (Å²) in [5.41, 5.74) is 0.899. The molecule has 1 atom stereocenters. The highest BCUT2D eigenvalue weighted by atomic mass is 35.5. The molecule has 1 aromatic carbocycles. The van der Waals surface area contributed by atoms with Crippen molar-refractivity contribution in [2.24, 2.45) is 0 Å². The molecule has 1 saturated heterocycles. The molecule has 0 bridgehead atoms. The van der Waals surface area contributed by atoms with Crippen molar-refractivity contribution in [1.82, 2.24) is 4.90 Å². The van der Waals surface area contributed by atoms with Gasteiger partial charge >= 0.3 is 0 Å². The summed E-state index contributed by atoms with van der Waals surface area (Å²) in [5.74, 6) is -0.0495. The van der Waals surface area contributed by atoms with Gasteiger partial charge < -0.3 is 10.0 Å². The van der Waals surface area contributed by atoms with Crippen molar-refractivity contribution in [3.63, 3.8) is 0 Å². The molecule has 0 unspecified atom stereocenters. The number of rotatable bonds is 3. The minimum atomic E-state index is -0.0495. The monoisotopic (exact) mass is 265 g/mol. The summed E-state index contributed by atoms with van der Waals surface area (Å²) in [4.78, 5) is 13.7. The summed E-state index contributed by atoms with van der Waals surface area (Å²) in [6.07, 6.45) is 5.13. The number of hydrogen-bond acceptors (Lipinski definition) is 2. The molecule has 1 N–H and O–H groups in total. The van der Waals surface area contributed by atoms with Gasteiger partial charge in [0.1, 0.15) is 0 Å². The fourth-order valence-electron chi connectivity index (χ4n) is 2.19. The molecule has 18 heavy (non-hydrogen) atoms. The molecule has 1 aromatic rings. The zero-order valence-corrected chi connectivity index (χ0v) is 10.8. The first-order valence-electron chi connectivity index (χ1n) is 6.06. The molecule has 1 fully saturated rings. The van der Waals surface area contributed by atoms with Crippen molar-refractivity contribution in [3.05, 3.63) is 40.9 Å². The van der Waals surface area contributed by atoms with E-state index >= 15 is 0 Å². The smallest absolute Gasteiger partial charge is 0.246 e. The molecule has 96 valence electrons. The van der Waals surface area contributed by atoms with Gasteiger partial charge in [-0.25, -0.2) is 0 Å². The summed E-state index contributed by atoms with van der Waals surface area (Å²) in [7, 11) is 0. The average Bonchev–Trinajstić information content (AvgIpc) is 2.84. The lowest BCUT2D eigenvalue weighted by Crippen LogP contribution is -2.36. The number of carbonyl (C=O) groups excluding carboxylic acids is 1. The van der Waals surface area contributed by atoms with E-state index in [1.807, 2.05) is 12.1 Å². The molecule has 1 aliphatic rings. The molecule has 0 aliphatic carbocycles. The van der Waals surface area contributed by atoms with Crippen LogP contribution in [0.1, 0.15) is 18.4 Å². The largest absolute Gasteiger partial charge is 0.394 e. The molecule has 1 aliphatic heterocycles. The Balaban J connectivity index is 2.02. The summed E-state index contributed by atoms with van der Waals surface area (Å²) >= 11 is 5.87. The quantitative estimate of drug-likeness (QED) is 0.853. The van der Waals surface area contributed by atoms with Gasteiger partial charge in [0.2, 0.25) is 5.91 Å². The van der Waals surface area contributed by atoms with Crippen LogP contribution in [0.5, 0.6) is 0 Å². The van der Waals surface area contributed by atoms with Crippen molar-refractivity contribution in [2.45, 2.75) is 18.9 Å². The Kier molecular flexibility index (Phi) is 4.39. The van der Waals surface area contributed by atoms with Crippen LogP contribution in [-0.4, -0.2) is 35.1 Å². The Hall–Kier alpha value is -1.32. The van der Waals surface area contributed by atoms with Crippen LogP contribution in [0, 0.1) is 0 Å². The van der Waals surface area contributed by atoms with E-state index in [2.05, 4.69) is 0 Å². The van der Waals surface area contributed by atoms with Gasteiger partial charge in [-0.3, -0.25) is 4.79 Å². The minimum absolute atomic E-state index is 0.0264. The maximum absolute atomic E-state index is 12.0. The second kappa shape index (κ2) is 6.03. The third kappa shape index (κ3) is 3.12. The zero-order chi connectivity index (χ0) is 13.0. The van der Waals surface area contributed by atoms with Gasteiger partial charge in [0.05, 0.1) is 12.6 Å². The van der Waals surface area contributed by atoms with Crippen LogP contribution in [0.25, 0.3) is 6.08 Å². The van der Waals surface area contributed by atoms with E-state index < -0.39 is 0 Å². The van der Waals surface area contributed by atoms with Crippen LogP contribution in [0.15, 0.2) is 30.3 Å². The number of halogens is 1. The van der Waals surface area contributed by atoms with Gasteiger partial charge in [-0.05, 0) is 36.6 Å². The van der Waals surface area contributed by atoms with Gasteiger partial charge in [0, 0.05) is 17.6 Å². The SMILES string of the molecule is O=C(C=Cc1cccc(Cl)c1)N1CCC[C@@H]1CO. The summed E-state index contributed by atoms with van der Waals surface area (Å²) in [6.45, 7) is 0.765. The van der Waals surface area contributed by atoms with Crippen LogP contribution in [0.3, 0.4) is 0 Å². The van der Waals surface area contributed by atoms with Gasteiger partial charge in [0.25, 0.3) is 0 Å². The highest BCUT2D eigenvalue weighted by Crippen LogP contribution is 2.18. The molecule has 0 saturated carbocycles. The maximum atomic E-state index is 12.0. The second-order valence-corrected chi connectivity index (χ2v) is 4.84. The first kappa shape index (κ1) is 13.1. The number of aliphatic hydroxyl groups excluding tert-OH is 1. The molecular formula is C14H16ClNO2. The molecule has 4 heteroatoms. The Bertz CT molecular complexity index is 459. The predicted molar refractivity (Wildman–Crippen MR) is 72.3 cm³/mol. The zero-order valence-electron chi connectivity index (χ0n) is 10.1. The number of hydrogen-bond donors (Lipinski definition) is 1. The maximum Gasteiger partial charge on any atom is 0.246 e. The third-order valence-corrected chi connectivity index (χ3v) is 3.37. The highest BCUT2D eigenvalue weighted by molar-refractivity contribution is 6.30. The Morgan fingerprint density at radius 1 is 1.56 bits per heavy atom. The Morgan fingerprint density at radius 3 is 3.11 bits per heavy atom. The Morgan fingerprint density at radius 2 is 2.39 bits per heavy atom. The molecule has 0 radical (unpaired) electrons. The van der Waals surface area contributed by atoms with Crippen molar-refractivity contribution in [3.8, 4) is 0 Å². The van der Waals surface area contributed by atoms with Crippen molar-refractivity contribution in [2.75, 3.05) is 13.2 Å². The lowest BCUT2D eigenvalue weighted by molar-refractivity contribution is -0.127. The van der Waals surface area contributed by atoms with E-state index in [-0.39, 0.29) is 18.6 Å². The summed E-state index contributed by atoms with van der Waals surface area (Å²) in [6, 6.07) is 7.31. The lowest BCUT2D eigenvalue weighted by atomic mass is 10.2. The molecule has 3 nitrogen and oxygen atoms in total. The average molecular weight is 266 g/mol. The number of likely N-dealkylation sites (tertiary alicyclic amines) is 1. The van der Waals surface area contributed by atoms with E-state index in [4.69, 9.17) is 11.6 Å². The second-order valence-electron chi connectivity index (χ2n) is 4.40. The normalized spacial score (nSPS) is 19.7. The van der Waals surface area contributed by atoms with Crippen LogP contribution in [0.2, 0.25) is 5.02 Å². The summed E-state index contributed by atoms with van der Waals surface area (Å²) in [5, 5.41) is 9.82. The number of carbonyl (C=O) groups is 1. The van der Waals surface area contributed by atoms with Crippen LogP contribution in [-0.2, 0) is 4.79 Å². The lowest BCUT2D eigenvalue weighted by Gasteiger charge is -2.21.